The summed E-state index contributed by atoms with van der Waals surface area (Å²) in [6.07, 6.45) is 0.905. The van der Waals surface area contributed by atoms with Crippen molar-refractivity contribution >= 4 is 5.78 Å². The van der Waals surface area contributed by atoms with Gasteiger partial charge in [0.2, 0.25) is 0 Å². The Hall–Kier alpha value is -5.17. The highest BCUT2D eigenvalue weighted by Crippen LogP contribution is 2.41. The first-order valence-corrected chi connectivity index (χ1v) is 15.5. The Labute approximate surface area is 276 Å². The number of aliphatic hydroxyl groups excluding tert-OH is 1. The monoisotopic (exact) mass is 628 g/mol. The summed E-state index contributed by atoms with van der Waals surface area (Å²) in [5, 5.41) is 10.1. The van der Waals surface area contributed by atoms with E-state index in [2.05, 4.69) is 37.8 Å². The molecule has 0 saturated heterocycles. The molecule has 240 valence electrons. The van der Waals surface area contributed by atoms with Gasteiger partial charge in [-0.1, -0.05) is 72.3 Å². The molecule has 0 saturated carbocycles. The van der Waals surface area contributed by atoms with E-state index in [1.165, 1.54) is 0 Å². The van der Waals surface area contributed by atoms with E-state index >= 15 is 0 Å². The minimum absolute atomic E-state index is 0.0234. The van der Waals surface area contributed by atoms with Crippen LogP contribution in [0.2, 0.25) is 0 Å². The SMILES string of the molecule is C=CCOCC(O)COc1ccc(C(C)(c2ccc(OC)cc2)c2ccc(Oc3ccc(C(=O)c4ccc(C)cc4)cc3)cc2)cc1. The molecule has 0 radical (unpaired) electrons. The molecular weight excluding hydrogens is 588 g/mol. The molecule has 2 unspecified atom stereocenters. The summed E-state index contributed by atoms with van der Waals surface area (Å²) < 4.78 is 22.7. The number of benzene rings is 5. The number of hydrogen-bond donors (Lipinski definition) is 1. The van der Waals surface area contributed by atoms with E-state index in [9.17, 15) is 9.90 Å². The van der Waals surface area contributed by atoms with E-state index in [4.69, 9.17) is 18.9 Å². The molecule has 2 atom stereocenters. The molecule has 0 aromatic heterocycles. The average molecular weight is 629 g/mol. The standard InChI is InChI=1S/C41H40O6/c1-5-26-45-27-35(42)28-46-37-22-14-33(15-23-37)41(3,32-12-20-36(44-4)21-13-32)34-16-24-39(25-17-34)47-38-18-10-31(11-19-38)40(43)30-8-6-29(2)7-9-30/h5-25,35,42H,1,26-28H2,2-4H3. The van der Waals surface area contributed by atoms with Crippen LogP contribution in [-0.2, 0) is 10.2 Å². The molecule has 0 heterocycles. The molecule has 0 amide bonds. The van der Waals surface area contributed by atoms with Gasteiger partial charge in [-0.2, -0.15) is 0 Å². The number of methoxy groups -OCH3 is 1. The second-order valence-corrected chi connectivity index (χ2v) is 11.5. The largest absolute Gasteiger partial charge is 0.497 e. The van der Waals surface area contributed by atoms with Crippen LogP contribution in [0.4, 0.5) is 0 Å². The fraction of sp³-hybridized carbons (Fsp3) is 0.195. The summed E-state index contributed by atoms with van der Waals surface area (Å²) in [4.78, 5) is 12.9. The molecule has 5 aromatic carbocycles. The average Bonchev–Trinajstić information content (AvgIpc) is 3.11. The van der Waals surface area contributed by atoms with Crippen molar-refractivity contribution < 1.29 is 28.8 Å². The van der Waals surface area contributed by atoms with Crippen molar-refractivity contribution in [3.05, 3.63) is 167 Å². The van der Waals surface area contributed by atoms with Gasteiger partial charge in [0.15, 0.2) is 5.78 Å². The van der Waals surface area contributed by atoms with Crippen molar-refractivity contribution in [1.82, 2.24) is 0 Å². The quantitative estimate of drug-likeness (QED) is 0.0544. The van der Waals surface area contributed by atoms with Crippen LogP contribution in [0.25, 0.3) is 0 Å². The van der Waals surface area contributed by atoms with E-state index < -0.39 is 11.5 Å². The maximum absolute atomic E-state index is 12.9. The van der Waals surface area contributed by atoms with Gasteiger partial charge in [-0.05, 0) is 91.2 Å². The summed E-state index contributed by atoms with van der Waals surface area (Å²) >= 11 is 0. The Kier molecular flexibility index (Phi) is 10.9. The van der Waals surface area contributed by atoms with Gasteiger partial charge in [-0.25, -0.2) is 0 Å². The number of carbonyl (C=O) groups is 1. The van der Waals surface area contributed by atoms with Gasteiger partial charge >= 0.3 is 0 Å². The van der Waals surface area contributed by atoms with Gasteiger partial charge in [0.25, 0.3) is 0 Å². The zero-order valence-corrected chi connectivity index (χ0v) is 27.0. The normalized spacial score (nSPS) is 12.9. The van der Waals surface area contributed by atoms with Gasteiger partial charge in [0.05, 0.1) is 20.3 Å². The highest BCUT2D eigenvalue weighted by atomic mass is 16.5. The number of ether oxygens (including phenoxy) is 4. The van der Waals surface area contributed by atoms with Crippen molar-refractivity contribution in [1.29, 1.82) is 0 Å². The minimum Gasteiger partial charge on any atom is -0.497 e. The molecule has 0 bridgehead atoms. The van der Waals surface area contributed by atoms with Gasteiger partial charge in [0, 0.05) is 16.5 Å². The van der Waals surface area contributed by atoms with Crippen LogP contribution < -0.4 is 14.2 Å². The second kappa shape index (κ2) is 15.4. The van der Waals surface area contributed by atoms with Crippen LogP contribution in [0, 0.1) is 6.92 Å². The molecule has 0 fully saturated rings. The summed E-state index contributed by atoms with van der Waals surface area (Å²) in [6, 6.07) is 38.8. The van der Waals surface area contributed by atoms with Crippen molar-refractivity contribution in [3.63, 3.8) is 0 Å². The minimum atomic E-state index is -0.737. The molecule has 1 N–H and O–H groups in total. The van der Waals surface area contributed by atoms with Crippen molar-refractivity contribution in [3.8, 4) is 23.0 Å². The van der Waals surface area contributed by atoms with E-state index in [1.807, 2.05) is 91.9 Å². The Bertz CT molecular complexity index is 1740. The second-order valence-electron chi connectivity index (χ2n) is 11.5. The predicted octanol–water partition coefficient (Wildman–Crippen LogP) is 8.32. The molecule has 6 nitrogen and oxygen atoms in total. The molecule has 5 aromatic rings. The Morgan fingerprint density at radius 2 is 1.15 bits per heavy atom. The van der Waals surface area contributed by atoms with Crippen molar-refractivity contribution in [2.45, 2.75) is 25.4 Å². The number of hydrogen-bond acceptors (Lipinski definition) is 6. The predicted molar refractivity (Wildman–Crippen MR) is 185 cm³/mol. The smallest absolute Gasteiger partial charge is 0.193 e. The van der Waals surface area contributed by atoms with Gasteiger partial charge in [0.1, 0.15) is 35.7 Å². The summed E-state index contributed by atoms with van der Waals surface area (Å²) in [5.41, 5.74) is 5.08. The number of carbonyl (C=O) groups excluding carboxylic acids is 1. The van der Waals surface area contributed by atoms with Gasteiger partial charge in [-0.15, -0.1) is 6.58 Å². The summed E-state index contributed by atoms with van der Waals surface area (Å²) in [5.74, 6) is 2.74. The number of ketones is 1. The molecule has 6 heteroatoms. The lowest BCUT2D eigenvalue weighted by molar-refractivity contribution is 0.0214. The fourth-order valence-corrected chi connectivity index (χ4v) is 5.38. The van der Waals surface area contributed by atoms with Crippen LogP contribution in [0.5, 0.6) is 23.0 Å². The third-order valence-electron chi connectivity index (χ3n) is 8.18. The topological polar surface area (TPSA) is 74.2 Å². The van der Waals surface area contributed by atoms with Crippen LogP contribution >= 0.6 is 0 Å². The van der Waals surface area contributed by atoms with Gasteiger partial charge < -0.3 is 24.1 Å². The van der Waals surface area contributed by atoms with Crippen LogP contribution in [0.1, 0.15) is 45.1 Å². The highest BCUT2D eigenvalue weighted by molar-refractivity contribution is 6.09. The molecular formula is C41H40O6. The first kappa shape index (κ1) is 33.2. The molecule has 5 rings (SSSR count). The molecule has 0 aliphatic heterocycles. The molecule has 0 aliphatic carbocycles. The van der Waals surface area contributed by atoms with Crippen molar-refractivity contribution in [2.75, 3.05) is 26.9 Å². The van der Waals surface area contributed by atoms with E-state index in [0.717, 1.165) is 28.0 Å². The maximum Gasteiger partial charge on any atom is 0.193 e. The fourth-order valence-electron chi connectivity index (χ4n) is 5.38. The molecule has 0 spiro atoms. The van der Waals surface area contributed by atoms with E-state index in [1.54, 1.807) is 25.3 Å². The Morgan fingerprint density at radius 1 is 0.702 bits per heavy atom. The first-order chi connectivity index (χ1) is 22.8. The third-order valence-corrected chi connectivity index (χ3v) is 8.18. The van der Waals surface area contributed by atoms with E-state index in [-0.39, 0.29) is 19.0 Å². The van der Waals surface area contributed by atoms with Crippen LogP contribution in [0.3, 0.4) is 0 Å². The highest BCUT2D eigenvalue weighted by Gasteiger charge is 2.31. The third kappa shape index (κ3) is 8.17. The van der Waals surface area contributed by atoms with E-state index in [0.29, 0.717) is 35.0 Å². The molecule has 0 aliphatic rings. The number of aryl methyl sites for hydroxylation is 1. The lowest BCUT2D eigenvalue weighted by Crippen LogP contribution is -2.25. The molecule has 47 heavy (non-hydrogen) atoms. The Balaban J connectivity index is 1.33. The lowest BCUT2D eigenvalue weighted by Gasteiger charge is -2.32. The number of rotatable bonds is 15. The maximum atomic E-state index is 12.9. The van der Waals surface area contributed by atoms with Crippen LogP contribution in [0.15, 0.2) is 134 Å². The number of aliphatic hydroxyl groups is 1. The summed E-state index contributed by atoms with van der Waals surface area (Å²) in [6.45, 7) is 8.48. The van der Waals surface area contributed by atoms with Crippen molar-refractivity contribution in [2.24, 2.45) is 0 Å². The zero-order chi connectivity index (χ0) is 33.2. The zero-order valence-electron chi connectivity index (χ0n) is 27.0. The first-order valence-electron chi connectivity index (χ1n) is 15.5. The lowest BCUT2D eigenvalue weighted by atomic mass is 9.71. The van der Waals surface area contributed by atoms with Gasteiger partial charge in [-0.3, -0.25) is 4.79 Å². The Morgan fingerprint density at radius 3 is 1.64 bits per heavy atom. The summed E-state index contributed by atoms with van der Waals surface area (Å²) in [7, 11) is 1.66. The van der Waals surface area contributed by atoms with Crippen LogP contribution in [-0.4, -0.2) is 43.9 Å².